The topological polar surface area (TPSA) is 33.1 Å². The molecule has 2 aliphatic rings. The van der Waals surface area contributed by atoms with Gasteiger partial charge < -0.3 is 5.32 Å². The number of nitrogens with zero attached hydrogens (tertiary/aromatic N) is 3. The Morgan fingerprint density at radius 2 is 2.11 bits per heavy atom. The molecule has 0 bridgehead atoms. The molecule has 2 fully saturated rings. The summed E-state index contributed by atoms with van der Waals surface area (Å²) in [5, 5.41) is 8.30. The van der Waals surface area contributed by atoms with E-state index in [0.717, 1.165) is 25.7 Å². The van der Waals surface area contributed by atoms with Crippen molar-refractivity contribution in [3.8, 4) is 0 Å². The van der Waals surface area contributed by atoms with Gasteiger partial charge in [0.1, 0.15) is 0 Å². The number of hydrogen-bond acceptors (Lipinski definition) is 3. The fourth-order valence-corrected chi connectivity index (χ4v) is 2.94. The second kappa shape index (κ2) is 6.06. The van der Waals surface area contributed by atoms with Gasteiger partial charge in [-0.15, -0.1) is 0 Å². The minimum atomic E-state index is 0.663. The fraction of sp³-hybridized carbons (Fsp3) is 0.800. The molecule has 19 heavy (non-hydrogen) atoms. The van der Waals surface area contributed by atoms with E-state index in [1.807, 2.05) is 0 Å². The summed E-state index contributed by atoms with van der Waals surface area (Å²) in [5.41, 5.74) is 1.21. The third-order valence-electron chi connectivity index (χ3n) is 4.30. The number of nitrogens with one attached hydrogen (secondary N) is 1. The molecule has 106 valence electrons. The molecule has 1 heterocycles. The highest BCUT2D eigenvalue weighted by molar-refractivity contribution is 5.00. The van der Waals surface area contributed by atoms with Gasteiger partial charge in [-0.1, -0.05) is 12.8 Å². The van der Waals surface area contributed by atoms with Gasteiger partial charge in [-0.05, 0) is 38.8 Å². The van der Waals surface area contributed by atoms with Crippen molar-refractivity contribution < 1.29 is 0 Å². The summed E-state index contributed by atoms with van der Waals surface area (Å²) in [6.07, 6.45) is 10.3. The normalized spacial score (nSPS) is 20.5. The zero-order valence-electron chi connectivity index (χ0n) is 12.0. The molecule has 0 aromatic carbocycles. The third-order valence-corrected chi connectivity index (χ3v) is 4.30. The minimum absolute atomic E-state index is 0.663. The van der Waals surface area contributed by atoms with Crippen LogP contribution in [0.15, 0.2) is 12.3 Å². The van der Waals surface area contributed by atoms with E-state index < -0.39 is 0 Å². The molecule has 0 amide bonds. The lowest BCUT2D eigenvalue weighted by Crippen LogP contribution is -2.30. The van der Waals surface area contributed by atoms with Gasteiger partial charge in [0.2, 0.25) is 0 Å². The Labute approximate surface area is 116 Å². The largest absolute Gasteiger partial charge is 0.313 e. The van der Waals surface area contributed by atoms with Crippen molar-refractivity contribution in [3.63, 3.8) is 0 Å². The Bertz CT molecular complexity index is 391. The van der Waals surface area contributed by atoms with E-state index in [2.05, 4.69) is 34.2 Å². The van der Waals surface area contributed by atoms with Crippen molar-refractivity contribution in [2.75, 3.05) is 20.1 Å². The lowest BCUT2D eigenvalue weighted by molar-refractivity contribution is 0.317. The average Bonchev–Trinajstić information content (AvgIpc) is 2.91. The van der Waals surface area contributed by atoms with Crippen LogP contribution >= 0.6 is 0 Å². The molecule has 0 atom stereocenters. The smallest absolute Gasteiger partial charge is 0.0764 e. The SMILES string of the molecule is CN(CCNC1CC1)Cc1ccn(C2CCCC2)n1. The molecule has 2 aliphatic carbocycles. The van der Waals surface area contributed by atoms with Gasteiger partial charge in [-0.2, -0.15) is 5.10 Å². The van der Waals surface area contributed by atoms with Crippen molar-refractivity contribution >= 4 is 0 Å². The van der Waals surface area contributed by atoms with E-state index in [0.29, 0.717) is 6.04 Å². The van der Waals surface area contributed by atoms with E-state index >= 15 is 0 Å². The van der Waals surface area contributed by atoms with Gasteiger partial charge >= 0.3 is 0 Å². The van der Waals surface area contributed by atoms with Crippen LogP contribution in [0.25, 0.3) is 0 Å². The zero-order valence-corrected chi connectivity index (χ0v) is 12.0. The maximum absolute atomic E-state index is 4.74. The molecule has 0 spiro atoms. The minimum Gasteiger partial charge on any atom is -0.313 e. The Kier molecular flexibility index (Phi) is 4.18. The van der Waals surface area contributed by atoms with Crippen molar-refractivity contribution in [1.29, 1.82) is 0 Å². The molecule has 0 unspecified atom stereocenters. The predicted octanol–water partition coefficient (Wildman–Crippen LogP) is 2.18. The van der Waals surface area contributed by atoms with Gasteiger partial charge in [0.25, 0.3) is 0 Å². The van der Waals surface area contributed by atoms with E-state index in [9.17, 15) is 0 Å². The summed E-state index contributed by atoms with van der Waals surface area (Å²) in [4.78, 5) is 2.36. The van der Waals surface area contributed by atoms with Crippen LogP contribution in [0.1, 0.15) is 50.3 Å². The number of aromatic nitrogens is 2. The van der Waals surface area contributed by atoms with Crippen LogP contribution in [0, 0.1) is 0 Å². The monoisotopic (exact) mass is 262 g/mol. The van der Waals surface area contributed by atoms with E-state index in [1.165, 1.54) is 44.2 Å². The van der Waals surface area contributed by atoms with Crippen LogP contribution in [0.3, 0.4) is 0 Å². The molecule has 3 rings (SSSR count). The van der Waals surface area contributed by atoms with Gasteiger partial charge in [-0.25, -0.2) is 0 Å². The molecule has 0 radical (unpaired) electrons. The van der Waals surface area contributed by atoms with Crippen LogP contribution < -0.4 is 5.32 Å². The highest BCUT2D eigenvalue weighted by Crippen LogP contribution is 2.28. The molecular weight excluding hydrogens is 236 g/mol. The van der Waals surface area contributed by atoms with Crippen LogP contribution in [0.5, 0.6) is 0 Å². The van der Waals surface area contributed by atoms with Gasteiger partial charge in [0, 0.05) is 31.9 Å². The first-order valence-electron chi connectivity index (χ1n) is 7.77. The number of rotatable bonds is 7. The summed E-state index contributed by atoms with van der Waals surface area (Å²) in [6.45, 7) is 3.17. The Balaban J connectivity index is 1.43. The van der Waals surface area contributed by atoms with Crippen LogP contribution in [-0.2, 0) is 6.54 Å². The highest BCUT2D eigenvalue weighted by atomic mass is 15.3. The lowest BCUT2D eigenvalue weighted by Gasteiger charge is -2.15. The average molecular weight is 262 g/mol. The van der Waals surface area contributed by atoms with Crippen molar-refractivity contribution in [2.24, 2.45) is 0 Å². The molecule has 4 nitrogen and oxygen atoms in total. The number of likely N-dealkylation sites (N-methyl/N-ethyl adjacent to an activating group) is 1. The summed E-state index contributed by atoms with van der Waals surface area (Å²) in [6, 6.07) is 3.66. The first-order chi connectivity index (χ1) is 9.31. The third kappa shape index (κ3) is 3.80. The molecule has 1 aromatic heterocycles. The first kappa shape index (κ1) is 13.1. The van der Waals surface area contributed by atoms with Crippen LogP contribution in [-0.4, -0.2) is 40.9 Å². The van der Waals surface area contributed by atoms with E-state index in [-0.39, 0.29) is 0 Å². The fourth-order valence-electron chi connectivity index (χ4n) is 2.94. The van der Waals surface area contributed by atoms with Crippen LogP contribution in [0.2, 0.25) is 0 Å². The van der Waals surface area contributed by atoms with Crippen molar-refractivity contribution in [1.82, 2.24) is 20.0 Å². The van der Waals surface area contributed by atoms with Crippen molar-refractivity contribution in [2.45, 2.75) is 57.2 Å². The van der Waals surface area contributed by atoms with E-state index in [4.69, 9.17) is 5.10 Å². The second-order valence-electron chi connectivity index (χ2n) is 6.19. The summed E-state index contributed by atoms with van der Waals surface area (Å²) < 4.78 is 2.19. The molecule has 2 saturated carbocycles. The maximum Gasteiger partial charge on any atom is 0.0764 e. The van der Waals surface area contributed by atoms with Crippen molar-refractivity contribution in [3.05, 3.63) is 18.0 Å². The lowest BCUT2D eigenvalue weighted by atomic mass is 10.3. The first-order valence-corrected chi connectivity index (χ1v) is 7.77. The van der Waals surface area contributed by atoms with Gasteiger partial charge in [0.15, 0.2) is 0 Å². The summed E-state index contributed by atoms with van der Waals surface area (Å²) in [7, 11) is 2.18. The zero-order chi connectivity index (χ0) is 13.1. The maximum atomic E-state index is 4.74. The highest BCUT2D eigenvalue weighted by Gasteiger charge is 2.20. The molecule has 4 heteroatoms. The Hall–Kier alpha value is -0.870. The van der Waals surface area contributed by atoms with Crippen LogP contribution in [0.4, 0.5) is 0 Å². The van der Waals surface area contributed by atoms with E-state index in [1.54, 1.807) is 0 Å². The molecule has 0 aliphatic heterocycles. The predicted molar refractivity (Wildman–Crippen MR) is 77.1 cm³/mol. The number of hydrogen-bond donors (Lipinski definition) is 1. The molecular formula is C15H26N4. The second-order valence-corrected chi connectivity index (χ2v) is 6.19. The Morgan fingerprint density at radius 1 is 1.32 bits per heavy atom. The van der Waals surface area contributed by atoms with Gasteiger partial charge in [0.05, 0.1) is 11.7 Å². The molecule has 1 N–H and O–H groups in total. The summed E-state index contributed by atoms with van der Waals surface area (Å²) >= 11 is 0. The van der Waals surface area contributed by atoms with Gasteiger partial charge in [-0.3, -0.25) is 9.58 Å². The standard InChI is InChI=1S/C15H26N4/c1-18(11-9-16-13-6-7-13)12-14-8-10-19(17-14)15-4-2-3-5-15/h8,10,13,15-16H,2-7,9,11-12H2,1H3. The molecule has 1 aromatic rings. The summed E-state index contributed by atoms with van der Waals surface area (Å²) in [5.74, 6) is 0. The quantitative estimate of drug-likeness (QED) is 0.817. The molecule has 0 saturated heterocycles. The Morgan fingerprint density at radius 3 is 2.84 bits per heavy atom.